The van der Waals surface area contributed by atoms with Crippen LogP contribution in [0.5, 0.6) is 0 Å². The quantitative estimate of drug-likeness (QED) is 0.370. The van der Waals surface area contributed by atoms with Gasteiger partial charge in [0.25, 0.3) is 0 Å². The molecule has 0 spiro atoms. The molecule has 2 unspecified atom stereocenters. The molecule has 0 amide bonds. The molecule has 0 bridgehead atoms. The van der Waals surface area contributed by atoms with Crippen LogP contribution in [0.2, 0.25) is 0 Å². The fourth-order valence-electron chi connectivity index (χ4n) is 3.60. The minimum absolute atomic E-state index is 0. The Hall–Kier alpha value is -2.03. The number of allylic oxidation sites excluding steroid dienone is 3. The van der Waals surface area contributed by atoms with Crippen LogP contribution in [0.3, 0.4) is 0 Å². The van der Waals surface area contributed by atoms with E-state index in [2.05, 4.69) is 26.3 Å². The maximum atomic E-state index is 11.3. The van der Waals surface area contributed by atoms with E-state index in [-0.39, 0.29) is 35.5 Å². The molecule has 0 saturated heterocycles. The maximum Gasteiger partial charge on any atom is 0.335 e. The first-order valence-electron chi connectivity index (χ1n) is 8.05. The molecule has 1 rings (SSSR count). The van der Waals surface area contributed by atoms with Crippen molar-refractivity contribution < 1.29 is 15.0 Å². The second kappa shape index (κ2) is 7.07. The van der Waals surface area contributed by atoms with Crippen LogP contribution in [0, 0.1) is 22.7 Å². The van der Waals surface area contributed by atoms with Crippen LogP contribution in [0.15, 0.2) is 59.9 Å². The van der Waals surface area contributed by atoms with Crippen molar-refractivity contribution in [2.75, 3.05) is 0 Å². The van der Waals surface area contributed by atoms with Crippen molar-refractivity contribution >= 4 is 5.97 Å². The van der Waals surface area contributed by atoms with Crippen LogP contribution in [-0.2, 0) is 4.79 Å². The van der Waals surface area contributed by atoms with Gasteiger partial charge < -0.3 is 10.2 Å². The fraction of sp³-hybridized carbons (Fsp3) is 0.500. The van der Waals surface area contributed by atoms with Crippen LogP contribution in [0.25, 0.3) is 0 Å². The lowest BCUT2D eigenvalue weighted by Gasteiger charge is -2.45. The Morgan fingerprint density at radius 2 is 1.48 bits per heavy atom. The summed E-state index contributed by atoms with van der Waals surface area (Å²) in [6.45, 7) is 28.0. The molecule has 0 fully saturated rings. The van der Waals surface area contributed by atoms with Crippen molar-refractivity contribution in [1.82, 2.24) is 0 Å². The van der Waals surface area contributed by atoms with E-state index in [9.17, 15) is 15.0 Å². The Labute approximate surface area is 153 Å². The van der Waals surface area contributed by atoms with Crippen LogP contribution in [0.1, 0.15) is 49.0 Å². The summed E-state index contributed by atoms with van der Waals surface area (Å²) in [4.78, 5) is 11.3. The molecule has 25 heavy (non-hydrogen) atoms. The lowest BCUT2D eigenvalue weighted by molar-refractivity contribution is -0.132. The highest BCUT2D eigenvalue weighted by molar-refractivity contribution is 5.91. The Morgan fingerprint density at radius 1 is 1.04 bits per heavy atom. The van der Waals surface area contributed by atoms with E-state index < -0.39 is 11.9 Å². The second-order valence-electron chi connectivity index (χ2n) is 8.65. The summed E-state index contributed by atoms with van der Waals surface area (Å²) in [5, 5.41) is 20.3. The number of hydrogen-bond acceptors (Lipinski definition) is 2. The molecule has 140 valence electrons. The van der Waals surface area contributed by atoms with E-state index in [1.807, 2.05) is 41.5 Å². The predicted molar refractivity (Wildman–Crippen MR) is 106 cm³/mol. The van der Waals surface area contributed by atoms with Gasteiger partial charge in [0.05, 0.1) is 5.57 Å². The minimum Gasteiger partial charge on any atom is -0.511 e. The van der Waals surface area contributed by atoms with E-state index in [0.29, 0.717) is 16.7 Å². The van der Waals surface area contributed by atoms with Gasteiger partial charge in [-0.3, -0.25) is 0 Å². The first kappa shape index (κ1) is 23.0. The third-order valence-electron chi connectivity index (χ3n) is 4.55. The Kier molecular flexibility index (Phi) is 6.49. The van der Waals surface area contributed by atoms with Crippen molar-refractivity contribution in [1.29, 1.82) is 0 Å². The van der Waals surface area contributed by atoms with Gasteiger partial charge in [0.2, 0.25) is 0 Å². The van der Waals surface area contributed by atoms with Crippen LogP contribution in [0.4, 0.5) is 0 Å². The van der Waals surface area contributed by atoms with Gasteiger partial charge >= 0.3 is 5.97 Å². The molecule has 2 atom stereocenters. The number of carboxylic acids is 1. The maximum absolute atomic E-state index is 11.3. The fourth-order valence-corrected chi connectivity index (χ4v) is 3.60. The molecular formula is C22H34O3. The zero-order valence-electron chi connectivity index (χ0n) is 15.8. The molecule has 3 nitrogen and oxygen atoms in total. The highest BCUT2D eigenvalue weighted by atomic mass is 16.4. The molecule has 3 heteroatoms. The minimum atomic E-state index is -1.11. The third-order valence-corrected chi connectivity index (χ3v) is 4.55. The molecule has 0 aromatic rings. The molecule has 2 N–H and O–H groups in total. The van der Waals surface area contributed by atoms with Gasteiger partial charge in [0, 0.05) is 11.8 Å². The highest BCUT2D eigenvalue weighted by Gasteiger charge is 2.45. The van der Waals surface area contributed by atoms with Crippen molar-refractivity contribution in [2.45, 2.75) is 49.0 Å². The van der Waals surface area contributed by atoms with Crippen molar-refractivity contribution in [3.05, 3.63) is 59.9 Å². The molecule has 0 aromatic carbocycles. The molecule has 0 heterocycles. The standard InChI is InChI=1S/C21H30O3.CH4/c1-11(12(2)19(23)24)15-13(3)16(20(5,6)7)18(22)17(14(15)4)21(8,9)10;/h15-16,22H,1-4H2,5-10H3,(H,23,24);1H4. The van der Waals surface area contributed by atoms with Gasteiger partial charge in [0.15, 0.2) is 0 Å². The number of aliphatic hydroxyl groups excluding tert-OH is 1. The first-order valence-corrected chi connectivity index (χ1v) is 8.05. The predicted octanol–water partition coefficient (Wildman–Crippen LogP) is 6.08. The number of carboxylic acid groups (broad SMARTS) is 1. The molecular weight excluding hydrogens is 312 g/mol. The number of hydrogen-bond donors (Lipinski definition) is 2. The van der Waals surface area contributed by atoms with Crippen molar-refractivity contribution in [3.8, 4) is 0 Å². The monoisotopic (exact) mass is 346 g/mol. The average molecular weight is 347 g/mol. The molecule has 0 aliphatic heterocycles. The second-order valence-corrected chi connectivity index (χ2v) is 8.65. The summed E-state index contributed by atoms with van der Waals surface area (Å²) in [7, 11) is 0. The van der Waals surface area contributed by atoms with Gasteiger partial charge in [-0.15, -0.1) is 0 Å². The van der Waals surface area contributed by atoms with Crippen molar-refractivity contribution in [2.24, 2.45) is 22.7 Å². The molecule has 0 saturated carbocycles. The normalized spacial score (nSPS) is 21.7. The molecule has 1 aliphatic rings. The SMILES string of the molecule is C.C=C(C(=C)C1C(=C)C(C(C)(C)C)=C(O)C(C(C)(C)C)C1=C)C(=O)O. The van der Waals surface area contributed by atoms with Gasteiger partial charge in [-0.1, -0.05) is 80.9 Å². The molecule has 1 aliphatic carbocycles. The zero-order chi connectivity index (χ0) is 19.2. The summed E-state index contributed by atoms with van der Waals surface area (Å²) in [5.74, 6) is -1.58. The van der Waals surface area contributed by atoms with Crippen molar-refractivity contribution in [3.63, 3.8) is 0 Å². The summed E-state index contributed by atoms with van der Waals surface area (Å²) in [5.41, 5.74) is 1.82. The Morgan fingerprint density at radius 3 is 1.80 bits per heavy atom. The average Bonchev–Trinajstić information content (AvgIpc) is 2.33. The van der Waals surface area contributed by atoms with Crippen LogP contribution < -0.4 is 0 Å². The topological polar surface area (TPSA) is 57.5 Å². The number of carbonyl (C=O) groups is 1. The molecule has 0 aromatic heterocycles. The lowest BCUT2D eigenvalue weighted by atomic mass is 9.60. The van der Waals surface area contributed by atoms with Gasteiger partial charge in [-0.25, -0.2) is 4.79 Å². The third kappa shape index (κ3) is 4.15. The number of rotatable bonds is 3. The van der Waals surface area contributed by atoms with Crippen LogP contribution >= 0.6 is 0 Å². The highest BCUT2D eigenvalue weighted by Crippen LogP contribution is 2.53. The lowest BCUT2D eigenvalue weighted by Crippen LogP contribution is -2.36. The van der Waals surface area contributed by atoms with E-state index in [1.54, 1.807) is 0 Å². The summed E-state index contributed by atoms with van der Waals surface area (Å²) in [6.07, 6.45) is 0. The Balaban J connectivity index is 0.00000576. The van der Waals surface area contributed by atoms with E-state index in [4.69, 9.17) is 0 Å². The van der Waals surface area contributed by atoms with Gasteiger partial charge in [0.1, 0.15) is 5.76 Å². The number of aliphatic hydroxyl groups is 1. The van der Waals surface area contributed by atoms with E-state index in [1.165, 1.54) is 0 Å². The van der Waals surface area contributed by atoms with E-state index >= 15 is 0 Å². The zero-order valence-corrected chi connectivity index (χ0v) is 15.8. The first-order chi connectivity index (χ1) is 10.6. The summed E-state index contributed by atoms with van der Waals surface area (Å²) < 4.78 is 0. The smallest absolute Gasteiger partial charge is 0.335 e. The summed E-state index contributed by atoms with van der Waals surface area (Å²) >= 11 is 0. The molecule has 0 radical (unpaired) electrons. The van der Waals surface area contributed by atoms with E-state index in [0.717, 1.165) is 5.57 Å². The Bertz CT molecular complexity index is 660. The van der Waals surface area contributed by atoms with Gasteiger partial charge in [-0.05, 0) is 27.5 Å². The summed E-state index contributed by atoms with van der Waals surface area (Å²) in [6, 6.07) is 0. The van der Waals surface area contributed by atoms with Crippen LogP contribution in [-0.4, -0.2) is 16.2 Å². The number of aliphatic carboxylic acids is 1. The largest absolute Gasteiger partial charge is 0.511 e. The van der Waals surface area contributed by atoms with Gasteiger partial charge in [-0.2, -0.15) is 0 Å².